The number of nitrogens with zero attached hydrogens (tertiary/aromatic N) is 2. The first-order valence-corrected chi connectivity index (χ1v) is 18.2. The number of Topliss-reactive ketones (excluding diaryl/α,β-unsaturated/α-hetero) is 1. The number of sulfonamides is 2. The molecule has 6 rings (SSSR count). The van der Waals surface area contributed by atoms with Gasteiger partial charge in [-0.2, -0.15) is 8.61 Å². The highest BCUT2D eigenvalue weighted by molar-refractivity contribution is 7.89. The predicted molar refractivity (Wildman–Crippen MR) is 175 cm³/mol. The maximum atomic E-state index is 14.6. The first-order valence-electron chi connectivity index (χ1n) is 14.6. The molecule has 2 aliphatic rings. The third-order valence-electron chi connectivity index (χ3n) is 8.81. The van der Waals surface area contributed by atoms with Crippen LogP contribution in [-0.2, 0) is 24.8 Å². The molecule has 0 aromatic heterocycles. The van der Waals surface area contributed by atoms with Gasteiger partial charge in [0, 0.05) is 35.0 Å². The smallest absolute Gasteiger partial charge is 0.243 e. The number of benzene rings is 4. The van der Waals surface area contributed by atoms with Crippen molar-refractivity contribution in [1.82, 2.24) is 8.61 Å². The highest BCUT2D eigenvalue weighted by Crippen LogP contribution is 2.48. The lowest BCUT2D eigenvalue weighted by molar-refractivity contribution is -0.132. The molecule has 0 aliphatic carbocycles. The normalized spacial score (nSPS) is 23.1. The zero-order valence-electron chi connectivity index (χ0n) is 24.7. The molecule has 2 heterocycles. The zero-order valence-corrected chi connectivity index (χ0v) is 27.8. The Hall–Kier alpha value is -3.05. The lowest BCUT2D eigenvalue weighted by atomic mass is 9.77. The van der Waals surface area contributed by atoms with Gasteiger partial charge in [0.25, 0.3) is 0 Å². The monoisotopic (exact) mass is 682 g/mol. The van der Waals surface area contributed by atoms with Crippen molar-refractivity contribution in [1.29, 1.82) is 0 Å². The fraction of sp³-hybridized carbons (Fsp3) is 0.265. The third-order valence-corrected chi connectivity index (χ3v) is 13.1. The number of halogens is 2. The summed E-state index contributed by atoms with van der Waals surface area (Å²) in [5.74, 6) is -1.08. The van der Waals surface area contributed by atoms with Gasteiger partial charge in [0.05, 0.1) is 21.9 Å². The van der Waals surface area contributed by atoms with E-state index in [9.17, 15) is 21.6 Å². The number of carbonyl (C=O) groups is 1. The Morgan fingerprint density at radius 2 is 1.24 bits per heavy atom. The summed E-state index contributed by atoms with van der Waals surface area (Å²) >= 11 is 12.6. The molecule has 2 saturated heterocycles. The molecule has 0 amide bonds. The molecule has 11 heteroatoms. The Morgan fingerprint density at radius 1 is 0.667 bits per heavy atom. The maximum absolute atomic E-state index is 14.6. The zero-order chi connectivity index (χ0) is 32.1. The summed E-state index contributed by atoms with van der Waals surface area (Å²) in [6.07, 6.45) is -0.0537. The van der Waals surface area contributed by atoms with Gasteiger partial charge >= 0.3 is 0 Å². The molecular weight excluding hydrogens is 651 g/mol. The lowest BCUT2D eigenvalue weighted by Crippen LogP contribution is -2.60. The quantitative estimate of drug-likeness (QED) is 0.216. The molecular formula is C34H32Cl2N2O5S2. The molecule has 0 spiro atoms. The number of aryl methyl sites for hydroxylation is 2. The number of fused-ring (bicyclic) bond motifs is 1. The SMILES string of the molecule is Cc1ccc(S(=O)(=O)N2C[C@H]3C(=O)C[C@@H](c4cccc(Cl)c4)N(S(=O)(=O)c4ccc(C)cc4)[C@H]3CC2c2ccc(Cl)cc2)cc1. The molecule has 2 fully saturated rings. The fourth-order valence-corrected chi connectivity index (χ4v) is 10.3. The van der Waals surface area contributed by atoms with Crippen LogP contribution in [0.1, 0.15) is 47.2 Å². The molecule has 4 aromatic carbocycles. The molecule has 0 N–H and O–H groups in total. The summed E-state index contributed by atoms with van der Waals surface area (Å²) in [7, 11) is -8.23. The fourth-order valence-electron chi connectivity index (χ4n) is 6.47. The van der Waals surface area contributed by atoms with E-state index in [1.54, 1.807) is 97.1 Å². The van der Waals surface area contributed by atoms with E-state index in [2.05, 4.69) is 0 Å². The van der Waals surface area contributed by atoms with E-state index < -0.39 is 44.1 Å². The average Bonchev–Trinajstić information content (AvgIpc) is 3.01. The number of piperidine rings is 2. The Kier molecular flexibility index (Phi) is 8.71. The Bertz CT molecular complexity index is 1950. The topological polar surface area (TPSA) is 91.8 Å². The number of carbonyl (C=O) groups excluding carboxylic acids is 1. The summed E-state index contributed by atoms with van der Waals surface area (Å²) in [5.41, 5.74) is 3.07. The van der Waals surface area contributed by atoms with Crippen molar-refractivity contribution in [3.8, 4) is 0 Å². The summed E-state index contributed by atoms with van der Waals surface area (Å²) in [6.45, 7) is 3.58. The third kappa shape index (κ3) is 6.10. The number of rotatable bonds is 6. The van der Waals surface area contributed by atoms with Gasteiger partial charge in [-0.1, -0.05) is 82.9 Å². The van der Waals surface area contributed by atoms with Crippen molar-refractivity contribution in [2.75, 3.05) is 6.54 Å². The van der Waals surface area contributed by atoms with Crippen LogP contribution in [0.4, 0.5) is 0 Å². The highest BCUT2D eigenvalue weighted by Gasteiger charge is 2.54. The molecule has 7 nitrogen and oxygen atoms in total. The van der Waals surface area contributed by atoms with Gasteiger partial charge in [-0.25, -0.2) is 16.8 Å². The second-order valence-corrected chi connectivity index (χ2v) is 16.4. The van der Waals surface area contributed by atoms with E-state index in [1.807, 2.05) is 13.8 Å². The van der Waals surface area contributed by atoms with Crippen LogP contribution in [0.3, 0.4) is 0 Å². The minimum atomic E-state index is -4.16. The van der Waals surface area contributed by atoms with Crippen molar-refractivity contribution in [2.24, 2.45) is 5.92 Å². The summed E-state index contributed by atoms with van der Waals surface area (Å²) < 4.78 is 60.4. The number of hydrogen-bond acceptors (Lipinski definition) is 5. The molecule has 45 heavy (non-hydrogen) atoms. The first-order chi connectivity index (χ1) is 21.4. The van der Waals surface area contributed by atoms with E-state index >= 15 is 0 Å². The average molecular weight is 684 g/mol. The van der Waals surface area contributed by atoms with Crippen molar-refractivity contribution in [3.63, 3.8) is 0 Å². The van der Waals surface area contributed by atoms with Gasteiger partial charge in [-0.15, -0.1) is 0 Å². The predicted octanol–water partition coefficient (Wildman–Crippen LogP) is 7.14. The summed E-state index contributed by atoms with van der Waals surface area (Å²) in [6, 6.07) is 24.5. The number of ketones is 1. The van der Waals surface area contributed by atoms with E-state index in [0.717, 1.165) is 11.1 Å². The van der Waals surface area contributed by atoms with Crippen LogP contribution in [-0.4, -0.2) is 43.8 Å². The Balaban J connectivity index is 1.51. The first kappa shape index (κ1) is 31.9. The molecule has 0 saturated carbocycles. The van der Waals surface area contributed by atoms with Crippen LogP contribution in [0.25, 0.3) is 0 Å². The van der Waals surface area contributed by atoms with Gasteiger partial charge in [0.15, 0.2) is 0 Å². The minimum Gasteiger partial charge on any atom is -0.299 e. The van der Waals surface area contributed by atoms with Crippen LogP contribution in [0.15, 0.2) is 107 Å². The van der Waals surface area contributed by atoms with Crippen molar-refractivity contribution in [2.45, 2.75) is 54.6 Å². The van der Waals surface area contributed by atoms with Crippen molar-refractivity contribution < 1.29 is 21.6 Å². The van der Waals surface area contributed by atoms with E-state index in [1.165, 1.54) is 8.61 Å². The largest absolute Gasteiger partial charge is 0.299 e. The summed E-state index contributed by atoms with van der Waals surface area (Å²) in [5, 5.41) is 0.908. The molecule has 4 atom stereocenters. The molecule has 0 radical (unpaired) electrons. The minimum absolute atomic E-state index is 0.0608. The van der Waals surface area contributed by atoms with E-state index in [0.29, 0.717) is 21.2 Å². The molecule has 234 valence electrons. The highest BCUT2D eigenvalue weighted by atomic mass is 35.5. The second-order valence-electron chi connectivity index (χ2n) is 11.8. The Labute approximate surface area is 274 Å². The van der Waals surface area contributed by atoms with E-state index in [4.69, 9.17) is 23.2 Å². The molecule has 4 aromatic rings. The maximum Gasteiger partial charge on any atom is 0.243 e. The van der Waals surface area contributed by atoms with Crippen LogP contribution in [0.5, 0.6) is 0 Å². The standard InChI is InChI=1S/C34H32Cl2N2O5S2/c1-22-6-14-28(15-7-22)44(40,41)37-21-30-33(19-31(37)24-10-12-26(35)13-11-24)38(45(42,43)29-16-8-23(2)9-17-29)32(20-34(30)39)25-4-3-5-27(36)18-25/h3-18,30-33H,19-21H2,1-2H3/t30-,31?,32+,33+/m1/s1. The van der Waals surface area contributed by atoms with Crippen molar-refractivity contribution >= 4 is 49.0 Å². The Morgan fingerprint density at radius 3 is 1.82 bits per heavy atom. The van der Waals surface area contributed by atoms with Crippen LogP contribution in [0, 0.1) is 19.8 Å². The molecule has 1 unspecified atom stereocenters. The van der Waals surface area contributed by atoms with Gasteiger partial charge < -0.3 is 0 Å². The molecule has 0 bridgehead atoms. The van der Waals surface area contributed by atoms with Crippen LogP contribution >= 0.6 is 23.2 Å². The van der Waals surface area contributed by atoms with Crippen LogP contribution in [0.2, 0.25) is 10.0 Å². The number of hydrogen-bond donors (Lipinski definition) is 0. The van der Waals surface area contributed by atoms with Gasteiger partial charge in [0.1, 0.15) is 5.78 Å². The lowest BCUT2D eigenvalue weighted by Gasteiger charge is -2.51. The van der Waals surface area contributed by atoms with Gasteiger partial charge in [-0.3, -0.25) is 4.79 Å². The molecule has 2 aliphatic heterocycles. The summed E-state index contributed by atoms with van der Waals surface area (Å²) in [4.78, 5) is 14.2. The van der Waals surface area contributed by atoms with E-state index in [-0.39, 0.29) is 35.0 Å². The second kappa shape index (κ2) is 12.3. The van der Waals surface area contributed by atoms with Gasteiger partial charge in [0.2, 0.25) is 20.0 Å². The van der Waals surface area contributed by atoms with Crippen LogP contribution < -0.4 is 0 Å². The van der Waals surface area contributed by atoms with Crippen molar-refractivity contribution in [3.05, 3.63) is 129 Å². The van der Waals surface area contributed by atoms with Gasteiger partial charge in [-0.05, 0) is 79.9 Å².